The number of hydrogen-bond acceptors (Lipinski definition) is 3. The number of aromatic nitrogens is 1. The molecule has 3 aromatic carbocycles. The molecular weight excluding hydrogens is 450 g/mol. The molecule has 1 aliphatic rings. The molecule has 0 fully saturated rings. The average Bonchev–Trinajstić information content (AvgIpc) is 3.22. The number of H-pyrrole nitrogens is 1. The van der Waals surface area contributed by atoms with Crippen LogP contribution in [-0.2, 0) is 6.42 Å². The van der Waals surface area contributed by atoms with Gasteiger partial charge in [0, 0.05) is 28.2 Å². The Bertz CT molecular complexity index is 1360. The quantitative estimate of drug-likeness (QED) is 0.362. The highest BCUT2D eigenvalue weighted by Crippen LogP contribution is 2.40. The van der Waals surface area contributed by atoms with Crippen LogP contribution in [0.4, 0.5) is 10.5 Å². The van der Waals surface area contributed by atoms with Gasteiger partial charge in [-0.2, -0.15) is 0 Å². The molecule has 0 spiro atoms. The number of fused-ring (bicyclic) bond motifs is 3. The topological polar surface area (TPSA) is 66.6 Å². The minimum absolute atomic E-state index is 0.215. The summed E-state index contributed by atoms with van der Waals surface area (Å²) in [5, 5.41) is 4.66. The summed E-state index contributed by atoms with van der Waals surface area (Å²) >= 11 is 6.18. The summed E-state index contributed by atoms with van der Waals surface area (Å²) in [5.41, 5.74) is 6.01. The molecule has 0 saturated heterocycles. The summed E-state index contributed by atoms with van der Waals surface area (Å²) in [6, 6.07) is 19.0. The van der Waals surface area contributed by atoms with E-state index in [0.29, 0.717) is 23.0 Å². The van der Waals surface area contributed by atoms with Crippen molar-refractivity contribution < 1.29 is 14.3 Å². The maximum atomic E-state index is 13.6. The summed E-state index contributed by atoms with van der Waals surface area (Å²) in [4.78, 5) is 19.1. The maximum absolute atomic E-state index is 13.6. The Hall–Kier alpha value is -3.64. The van der Waals surface area contributed by atoms with Crippen LogP contribution in [0.1, 0.15) is 28.4 Å². The summed E-state index contributed by atoms with van der Waals surface area (Å²) < 4.78 is 10.9. The summed E-state index contributed by atoms with van der Waals surface area (Å²) in [5.74, 6) is 1.37. The number of urea groups is 1. The van der Waals surface area contributed by atoms with Gasteiger partial charge in [-0.05, 0) is 60.9 Å². The third-order valence-electron chi connectivity index (χ3n) is 6.39. The van der Waals surface area contributed by atoms with Crippen molar-refractivity contribution in [3.05, 3.63) is 88.1 Å². The predicted molar refractivity (Wildman–Crippen MR) is 135 cm³/mol. The zero-order valence-electron chi connectivity index (χ0n) is 19.3. The molecule has 0 aliphatic carbocycles. The number of carbonyl (C=O) groups excluding carboxylic acids is 1. The molecule has 2 N–H and O–H groups in total. The first-order chi connectivity index (χ1) is 16.5. The highest BCUT2D eigenvalue weighted by Gasteiger charge is 2.35. The van der Waals surface area contributed by atoms with Gasteiger partial charge in [-0.1, -0.05) is 41.4 Å². The number of ether oxygens (including phenoxy) is 2. The molecule has 0 bridgehead atoms. The number of nitrogens with one attached hydrogen (secondary N) is 2. The molecule has 34 heavy (non-hydrogen) atoms. The van der Waals surface area contributed by atoms with E-state index in [1.54, 1.807) is 32.4 Å². The van der Waals surface area contributed by atoms with Crippen LogP contribution in [-0.4, -0.2) is 36.7 Å². The lowest BCUT2D eigenvalue weighted by Crippen LogP contribution is -2.43. The van der Waals surface area contributed by atoms with Gasteiger partial charge in [-0.15, -0.1) is 0 Å². The van der Waals surface area contributed by atoms with E-state index in [1.807, 2.05) is 17.0 Å². The monoisotopic (exact) mass is 475 g/mol. The van der Waals surface area contributed by atoms with Gasteiger partial charge in [0.2, 0.25) is 0 Å². The minimum Gasteiger partial charge on any atom is -0.497 e. The van der Waals surface area contributed by atoms with Crippen molar-refractivity contribution in [2.75, 3.05) is 26.1 Å². The fourth-order valence-corrected chi connectivity index (χ4v) is 4.85. The average molecular weight is 476 g/mol. The lowest BCUT2D eigenvalue weighted by Gasteiger charge is -2.36. The van der Waals surface area contributed by atoms with E-state index in [0.717, 1.165) is 34.3 Å². The second-order valence-corrected chi connectivity index (χ2v) is 8.90. The fraction of sp³-hybridized carbons (Fsp3) is 0.222. The minimum atomic E-state index is -0.270. The Morgan fingerprint density at radius 2 is 1.85 bits per heavy atom. The van der Waals surface area contributed by atoms with Crippen molar-refractivity contribution in [1.82, 2.24) is 9.88 Å². The van der Waals surface area contributed by atoms with Gasteiger partial charge in [0.05, 0.1) is 25.9 Å². The number of amides is 2. The number of nitrogens with zero attached hydrogens (tertiary/aromatic N) is 1. The Balaban J connectivity index is 1.58. The number of anilines is 1. The second kappa shape index (κ2) is 8.95. The highest BCUT2D eigenvalue weighted by atomic mass is 35.5. The number of aryl methyl sites for hydroxylation is 1. The van der Waals surface area contributed by atoms with Crippen LogP contribution < -0.4 is 14.8 Å². The number of methoxy groups -OCH3 is 2. The molecule has 6 nitrogen and oxygen atoms in total. The smallest absolute Gasteiger partial charge is 0.322 e. The second-order valence-electron chi connectivity index (χ2n) is 8.46. The molecule has 7 heteroatoms. The van der Waals surface area contributed by atoms with E-state index >= 15 is 0 Å². The fourth-order valence-electron chi connectivity index (χ4n) is 4.67. The molecule has 2 heterocycles. The molecule has 0 radical (unpaired) electrons. The van der Waals surface area contributed by atoms with Gasteiger partial charge in [0.1, 0.15) is 11.5 Å². The van der Waals surface area contributed by atoms with Crippen molar-refractivity contribution in [1.29, 1.82) is 0 Å². The van der Waals surface area contributed by atoms with E-state index in [2.05, 4.69) is 47.6 Å². The number of rotatable bonds is 4. The van der Waals surface area contributed by atoms with Crippen LogP contribution in [0, 0.1) is 6.92 Å². The first-order valence-corrected chi connectivity index (χ1v) is 11.5. The van der Waals surface area contributed by atoms with Crippen molar-refractivity contribution in [2.24, 2.45) is 0 Å². The molecule has 1 atom stereocenters. The number of benzene rings is 3. The van der Waals surface area contributed by atoms with Gasteiger partial charge in [0.15, 0.2) is 0 Å². The standard InChI is InChI=1S/C27H26ClN3O3/c1-16-4-6-17(7-5-16)26-25-20(21-15-19(33-2)9-10-22(21)29-25)12-13-31(26)27(32)30-23-14-18(28)8-11-24(23)34-3/h4-11,14-15,26,29H,12-13H2,1-3H3,(H,30,32)/t26-/m1/s1. The maximum Gasteiger partial charge on any atom is 0.322 e. The van der Waals surface area contributed by atoms with Gasteiger partial charge < -0.3 is 24.7 Å². The van der Waals surface area contributed by atoms with E-state index < -0.39 is 0 Å². The van der Waals surface area contributed by atoms with Gasteiger partial charge in [-0.3, -0.25) is 0 Å². The lowest BCUT2D eigenvalue weighted by molar-refractivity contribution is 0.193. The summed E-state index contributed by atoms with van der Waals surface area (Å²) in [6.45, 7) is 2.62. The van der Waals surface area contributed by atoms with Crippen molar-refractivity contribution in [3.63, 3.8) is 0 Å². The normalized spacial score (nSPS) is 15.2. The molecule has 174 valence electrons. The zero-order valence-corrected chi connectivity index (χ0v) is 20.1. The zero-order chi connectivity index (χ0) is 23.8. The first kappa shape index (κ1) is 22.2. The van der Waals surface area contributed by atoms with E-state index in [-0.39, 0.29) is 12.1 Å². The summed E-state index contributed by atoms with van der Waals surface area (Å²) in [6.07, 6.45) is 0.727. The molecule has 4 aromatic rings. The number of halogens is 1. The molecular formula is C27H26ClN3O3. The molecule has 2 amide bonds. The van der Waals surface area contributed by atoms with Crippen LogP contribution in [0.5, 0.6) is 11.5 Å². The van der Waals surface area contributed by atoms with Gasteiger partial charge >= 0.3 is 6.03 Å². The van der Waals surface area contributed by atoms with Gasteiger partial charge in [-0.25, -0.2) is 4.79 Å². The van der Waals surface area contributed by atoms with E-state index in [9.17, 15) is 4.79 Å². The molecule has 1 aromatic heterocycles. The number of carbonyl (C=O) groups is 1. The summed E-state index contributed by atoms with van der Waals surface area (Å²) in [7, 11) is 3.24. The van der Waals surface area contributed by atoms with Crippen LogP contribution in [0.2, 0.25) is 5.02 Å². The third kappa shape index (κ3) is 3.94. The van der Waals surface area contributed by atoms with Crippen molar-refractivity contribution >= 4 is 34.2 Å². The largest absolute Gasteiger partial charge is 0.497 e. The van der Waals surface area contributed by atoms with E-state index in [1.165, 1.54) is 11.1 Å². The van der Waals surface area contributed by atoms with Crippen LogP contribution in [0.25, 0.3) is 10.9 Å². The highest BCUT2D eigenvalue weighted by molar-refractivity contribution is 6.31. The van der Waals surface area contributed by atoms with Gasteiger partial charge in [0.25, 0.3) is 0 Å². The Morgan fingerprint density at radius 1 is 1.06 bits per heavy atom. The van der Waals surface area contributed by atoms with Crippen molar-refractivity contribution in [3.8, 4) is 11.5 Å². The molecule has 0 unspecified atom stereocenters. The van der Waals surface area contributed by atoms with E-state index in [4.69, 9.17) is 21.1 Å². The van der Waals surface area contributed by atoms with Crippen LogP contribution >= 0.6 is 11.6 Å². The van der Waals surface area contributed by atoms with Crippen LogP contribution in [0.15, 0.2) is 60.7 Å². The van der Waals surface area contributed by atoms with Crippen LogP contribution in [0.3, 0.4) is 0 Å². The Labute approximate surface area is 203 Å². The third-order valence-corrected chi connectivity index (χ3v) is 6.63. The Kier molecular flexibility index (Phi) is 5.84. The first-order valence-electron chi connectivity index (χ1n) is 11.1. The molecule has 1 aliphatic heterocycles. The molecule has 5 rings (SSSR count). The van der Waals surface area contributed by atoms with Crippen molar-refractivity contribution in [2.45, 2.75) is 19.4 Å². The number of aromatic amines is 1. The lowest BCUT2D eigenvalue weighted by atomic mass is 9.92. The molecule has 0 saturated carbocycles. The SMILES string of the molecule is COc1ccc2[nH]c3c(c2c1)CCN(C(=O)Nc1cc(Cl)ccc1OC)[C@@H]3c1ccc(C)cc1. The predicted octanol–water partition coefficient (Wildman–Crippen LogP) is 6.33. The Morgan fingerprint density at radius 3 is 2.59 bits per heavy atom. The number of hydrogen-bond donors (Lipinski definition) is 2.